The van der Waals surface area contributed by atoms with Crippen LogP contribution in [0.5, 0.6) is 0 Å². The van der Waals surface area contributed by atoms with E-state index in [1.165, 1.54) is 0 Å². The molecule has 0 aliphatic carbocycles. The Hall–Kier alpha value is -1.63. The highest BCUT2D eigenvalue weighted by atomic mass is 79.9. The fourth-order valence-electron chi connectivity index (χ4n) is 2.24. The molecule has 108 valence electrons. The zero-order chi connectivity index (χ0) is 14.9. The Morgan fingerprint density at radius 1 is 1.45 bits per heavy atom. The lowest BCUT2D eigenvalue weighted by Crippen LogP contribution is -2.29. The number of carbonyl (C=O) groups is 2. The van der Waals surface area contributed by atoms with E-state index in [1.807, 2.05) is 6.92 Å². The minimum atomic E-state index is -0.397. The molecule has 1 fully saturated rings. The molecular weight excluding hydrogens is 326 g/mol. The second kappa shape index (κ2) is 5.78. The van der Waals surface area contributed by atoms with Crippen molar-refractivity contribution in [3.8, 4) is 0 Å². The summed E-state index contributed by atoms with van der Waals surface area (Å²) in [5.41, 5.74) is -0.0533. The maximum Gasteiger partial charge on any atom is 0.229 e. The van der Waals surface area contributed by atoms with E-state index in [4.69, 9.17) is 0 Å². The maximum atomic E-state index is 12.1. The number of nitrogens with zero attached hydrogens (tertiary/aromatic N) is 2. The topological polar surface area (TPSA) is 71.4 Å². The van der Waals surface area contributed by atoms with E-state index in [0.717, 1.165) is 0 Å². The number of halogens is 1. The smallest absolute Gasteiger partial charge is 0.229 e. The number of amides is 2. The number of rotatable bonds is 3. The van der Waals surface area contributed by atoms with Crippen LogP contribution in [0, 0.1) is 5.92 Å². The number of aryl methyl sites for hydroxylation is 1. The van der Waals surface area contributed by atoms with Crippen molar-refractivity contribution in [2.24, 2.45) is 13.0 Å². The monoisotopic (exact) mass is 341 g/mol. The minimum Gasteiger partial charge on any atom is -0.354 e. The molecule has 1 saturated heterocycles. The first-order chi connectivity index (χ1) is 9.42. The van der Waals surface area contributed by atoms with Gasteiger partial charge in [-0.3, -0.25) is 14.4 Å². The Kier molecular flexibility index (Phi) is 4.27. The molecule has 1 aliphatic rings. The molecule has 2 amide bonds. The van der Waals surface area contributed by atoms with Gasteiger partial charge in [-0.2, -0.15) is 0 Å². The summed E-state index contributed by atoms with van der Waals surface area (Å²) in [6.07, 6.45) is 3.38. The first-order valence-corrected chi connectivity index (χ1v) is 7.16. The van der Waals surface area contributed by atoms with Crippen molar-refractivity contribution in [2.45, 2.75) is 13.3 Å². The number of anilines is 1. The van der Waals surface area contributed by atoms with Crippen molar-refractivity contribution in [1.29, 1.82) is 0 Å². The van der Waals surface area contributed by atoms with Crippen molar-refractivity contribution in [1.82, 2.24) is 9.47 Å². The van der Waals surface area contributed by atoms with E-state index < -0.39 is 5.92 Å². The summed E-state index contributed by atoms with van der Waals surface area (Å²) in [6, 6.07) is 0. The predicted molar refractivity (Wildman–Crippen MR) is 78.4 cm³/mol. The van der Waals surface area contributed by atoms with E-state index in [1.54, 1.807) is 28.9 Å². The highest BCUT2D eigenvalue weighted by Crippen LogP contribution is 2.19. The lowest BCUT2D eigenvalue weighted by atomic mass is 10.1. The van der Waals surface area contributed by atoms with Crippen LogP contribution in [-0.4, -0.2) is 34.4 Å². The van der Waals surface area contributed by atoms with Crippen molar-refractivity contribution < 1.29 is 9.59 Å². The minimum absolute atomic E-state index is 0.0187. The summed E-state index contributed by atoms with van der Waals surface area (Å²) in [5.74, 6) is -0.703. The zero-order valence-corrected chi connectivity index (χ0v) is 12.9. The Morgan fingerprint density at radius 2 is 2.15 bits per heavy atom. The van der Waals surface area contributed by atoms with Crippen LogP contribution in [0.2, 0.25) is 0 Å². The standard InChI is InChI=1S/C13H16BrN3O3/c1-3-17-5-8(4-11(17)18)13(20)15-10-7-16(2)6-9(14)12(10)19/h6-8H,3-5H2,1-2H3,(H,15,20)/t8-/m0/s1. The quantitative estimate of drug-likeness (QED) is 0.889. The van der Waals surface area contributed by atoms with Crippen molar-refractivity contribution in [2.75, 3.05) is 18.4 Å². The van der Waals surface area contributed by atoms with E-state index in [0.29, 0.717) is 17.6 Å². The molecule has 1 atom stereocenters. The van der Waals surface area contributed by atoms with Gasteiger partial charge in [0.15, 0.2) is 0 Å². The van der Waals surface area contributed by atoms with Crippen molar-refractivity contribution in [3.05, 3.63) is 27.1 Å². The van der Waals surface area contributed by atoms with Gasteiger partial charge in [-0.1, -0.05) is 0 Å². The second-order valence-electron chi connectivity index (χ2n) is 4.84. The Bertz CT molecular complexity index is 611. The number of hydrogen-bond acceptors (Lipinski definition) is 3. The molecule has 0 unspecified atom stereocenters. The number of aromatic nitrogens is 1. The van der Waals surface area contributed by atoms with Gasteiger partial charge in [0.1, 0.15) is 5.69 Å². The first kappa shape index (κ1) is 14.8. The van der Waals surface area contributed by atoms with Gasteiger partial charge in [0.05, 0.1) is 10.4 Å². The predicted octanol–water partition coefficient (Wildman–Crippen LogP) is 0.955. The SMILES string of the molecule is CCN1C[C@@H](C(=O)Nc2cn(C)cc(Br)c2=O)CC1=O. The third-order valence-electron chi connectivity index (χ3n) is 3.34. The van der Waals surface area contributed by atoms with Crippen LogP contribution in [0.4, 0.5) is 5.69 Å². The van der Waals surface area contributed by atoms with Crippen LogP contribution in [0.3, 0.4) is 0 Å². The molecule has 20 heavy (non-hydrogen) atoms. The molecule has 2 rings (SSSR count). The van der Waals surface area contributed by atoms with E-state index >= 15 is 0 Å². The van der Waals surface area contributed by atoms with Crippen LogP contribution in [0.1, 0.15) is 13.3 Å². The van der Waals surface area contributed by atoms with Gasteiger partial charge in [0.25, 0.3) is 0 Å². The molecule has 6 nitrogen and oxygen atoms in total. The average Bonchev–Trinajstić information content (AvgIpc) is 2.76. The number of carbonyl (C=O) groups excluding carboxylic acids is 2. The van der Waals surface area contributed by atoms with Gasteiger partial charge in [-0.05, 0) is 22.9 Å². The molecule has 0 bridgehead atoms. The zero-order valence-electron chi connectivity index (χ0n) is 11.4. The van der Waals surface area contributed by atoms with Gasteiger partial charge in [0, 0.05) is 39.0 Å². The largest absolute Gasteiger partial charge is 0.354 e. The molecule has 0 spiro atoms. The van der Waals surface area contributed by atoms with Gasteiger partial charge in [-0.15, -0.1) is 0 Å². The number of hydrogen-bond donors (Lipinski definition) is 1. The summed E-state index contributed by atoms with van der Waals surface area (Å²) in [5, 5.41) is 2.62. The van der Waals surface area contributed by atoms with Gasteiger partial charge in [-0.25, -0.2) is 0 Å². The average molecular weight is 342 g/mol. The van der Waals surface area contributed by atoms with Crippen LogP contribution in [0.15, 0.2) is 21.7 Å². The molecule has 1 N–H and O–H groups in total. The summed E-state index contributed by atoms with van der Waals surface area (Å²) in [6.45, 7) is 2.89. The first-order valence-electron chi connectivity index (χ1n) is 6.36. The molecule has 0 saturated carbocycles. The van der Waals surface area contributed by atoms with Gasteiger partial charge in [0.2, 0.25) is 17.2 Å². The van der Waals surface area contributed by atoms with Crippen LogP contribution in [-0.2, 0) is 16.6 Å². The lowest BCUT2D eigenvalue weighted by molar-refractivity contribution is -0.128. The normalized spacial score (nSPS) is 18.4. The summed E-state index contributed by atoms with van der Waals surface area (Å²) in [4.78, 5) is 37.3. The summed E-state index contributed by atoms with van der Waals surface area (Å²) < 4.78 is 2.06. The highest BCUT2D eigenvalue weighted by Gasteiger charge is 2.33. The Balaban J connectivity index is 2.13. The summed E-state index contributed by atoms with van der Waals surface area (Å²) >= 11 is 3.15. The molecular formula is C13H16BrN3O3. The number of pyridine rings is 1. The Labute approximate surface area is 124 Å². The Morgan fingerprint density at radius 3 is 2.75 bits per heavy atom. The number of nitrogens with one attached hydrogen (secondary N) is 1. The third kappa shape index (κ3) is 2.92. The van der Waals surface area contributed by atoms with Crippen LogP contribution in [0.25, 0.3) is 0 Å². The van der Waals surface area contributed by atoms with Gasteiger partial charge < -0.3 is 14.8 Å². The lowest BCUT2D eigenvalue weighted by Gasteiger charge is -2.14. The van der Waals surface area contributed by atoms with Gasteiger partial charge >= 0.3 is 0 Å². The van der Waals surface area contributed by atoms with E-state index in [2.05, 4.69) is 21.2 Å². The maximum absolute atomic E-state index is 12.1. The highest BCUT2D eigenvalue weighted by molar-refractivity contribution is 9.10. The third-order valence-corrected chi connectivity index (χ3v) is 3.90. The molecule has 1 aromatic heterocycles. The fourth-order valence-corrected chi connectivity index (χ4v) is 2.78. The molecule has 1 aliphatic heterocycles. The fraction of sp³-hybridized carbons (Fsp3) is 0.462. The van der Waals surface area contributed by atoms with Crippen molar-refractivity contribution in [3.63, 3.8) is 0 Å². The molecule has 2 heterocycles. The van der Waals surface area contributed by atoms with Crippen molar-refractivity contribution >= 4 is 33.4 Å². The molecule has 0 radical (unpaired) electrons. The second-order valence-corrected chi connectivity index (χ2v) is 5.69. The number of likely N-dealkylation sites (tertiary alicyclic amines) is 1. The van der Waals surface area contributed by atoms with Crippen LogP contribution < -0.4 is 10.7 Å². The van der Waals surface area contributed by atoms with Crippen LogP contribution >= 0.6 is 15.9 Å². The molecule has 0 aromatic carbocycles. The van der Waals surface area contributed by atoms with E-state index in [9.17, 15) is 14.4 Å². The summed E-state index contributed by atoms with van der Waals surface area (Å²) in [7, 11) is 1.76. The molecule has 7 heteroatoms. The van der Waals surface area contributed by atoms with E-state index in [-0.39, 0.29) is 29.4 Å². The molecule has 1 aromatic rings.